The van der Waals surface area contributed by atoms with Gasteiger partial charge in [-0.15, -0.1) is 0 Å². The van der Waals surface area contributed by atoms with Gasteiger partial charge in [0.05, 0.1) is 0 Å². The zero-order chi connectivity index (χ0) is 15.1. The molecular formula is C15H28N2O2. The molecule has 0 heterocycles. The molecule has 0 bridgehead atoms. The standard InChI is InChI=1S/C10H19NO.C5H9NO/c1-4-5-6-7-8-11-10(12)9(2)3;1-3-5(7)6-4-2/h2,4-8H2,1,3H3,(H,11,12);3H,1,4H2,2H3,(H,6,7). The molecule has 0 rings (SSSR count). The van der Waals surface area contributed by atoms with Gasteiger partial charge in [0.25, 0.3) is 0 Å². The first-order valence-corrected chi connectivity index (χ1v) is 6.83. The first-order chi connectivity index (χ1) is 8.99. The van der Waals surface area contributed by atoms with Crippen molar-refractivity contribution in [2.24, 2.45) is 0 Å². The second-order valence-electron chi connectivity index (χ2n) is 4.20. The SMILES string of the molecule is C=C(C)C(=O)NCCCCCC.C=CC(=O)NCC. The van der Waals surface area contributed by atoms with Gasteiger partial charge in [0.2, 0.25) is 11.8 Å². The molecule has 0 aromatic carbocycles. The largest absolute Gasteiger partial charge is 0.353 e. The van der Waals surface area contributed by atoms with Crippen LogP contribution in [-0.4, -0.2) is 24.9 Å². The Kier molecular flexibility index (Phi) is 15.1. The van der Waals surface area contributed by atoms with Crippen LogP contribution in [0.5, 0.6) is 0 Å². The van der Waals surface area contributed by atoms with Gasteiger partial charge in [-0.05, 0) is 26.3 Å². The molecule has 0 aliphatic carbocycles. The number of carbonyl (C=O) groups excluding carboxylic acids is 2. The summed E-state index contributed by atoms with van der Waals surface area (Å²) in [5.41, 5.74) is 0.588. The van der Waals surface area contributed by atoms with Crippen LogP contribution >= 0.6 is 0 Å². The van der Waals surface area contributed by atoms with Crippen LogP contribution in [0.25, 0.3) is 0 Å². The van der Waals surface area contributed by atoms with Gasteiger partial charge < -0.3 is 10.6 Å². The van der Waals surface area contributed by atoms with E-state index in [1.54, 1.807) is 6.92 Å². The van der Waals surface area contributed by atoms with Gasteiger partial charge in [-0.1, -0.05) is 39.3 Å². The lowest BCUT2D eigenvalue weighted by atomic mass is 10.2. The summed E-state index contributed by atoms with van der Waals surface area (Å²) in [7, 11) is 0. The number of amides is 2. The first kappa shape index (κ1) is 19.8. The van der Waals surface area contributed by atoms with Gasteiger partial charge in [0.1, 0.15) is 0 Å². The van der Waals surface area contributed by atoms with E-state index in [9.17, 15) is 9.59 Å². The molecule has 0 fully saturated rings. The molecular weight excluding hydrogens is 240 g/mol. The van der Waals surface area contributed by atoms with E-state index in [0.29, 0.717) is 12.1 Å². The van der Waals surface area contributed by atoms with E-state index in [0.717, 1.165) is 13.0 Å². The second-order valence-corrected chi connectivity index (χ2v) is 4.20. The average Bonchev–Trinajstić information content (AvgIpc) is 2.39. The molecule has 0 atom stereocenters. The van der Waals surface area contributed by atoms with E-state index in [1.807, 2.05) is 6.92 Å². The smallest absolute Gasteiger partial charge is 0.246 e. The molecule has 0 aromatic heterocycles. The fraction of sp³-hybridized carbons (Fsp3) is 0.600. The molecule has 4 nitrogen and oxygen atoms in total. The molecule has 110 valence electrons. The van der Waals surface area contributed by atoms with Crippen LogP contribution in [0, 0.1) is 0 Å². The summed E-state index contributed by atoms with van der Waals surface area (Å²) in [5, 5.41) is 5.34. The Morgan fingerprint density at radius 1 is 1.11 bits per heavy atom. The van der Waals surface area contributed by atoms with Crippen LogP contribution in [0.1, 0.15) is 46.5 Å². The summed E-state index contributed by atoms with van der Waals surface area (Å²) in [6.07, 6.45) is 6.01. The molecule has 0 saturated carbocycles. The van der Waals surface area contributed by atoms with Crippen LogP contribution < -0.4 is 10.6 Å². The Balaban J connectivity index is 0. The Labute approximate surface area is 117 Å². The van der Waals surface area contributed by atoms with Crippen molar-refractivity contribution in [3.8, 4) is 0 Å². The lowest BCUT2D eigenvalue weighted by molar-refractivity contribution is -0.117. The number of likely N-dealkylation sites (N-methyl/N-ethyl adjacent to an activating group) is 1. The highest BCUT2D eigenvalue weighted by molar-refractivity contribution is 5.92. The minimum Gasteiger partial charge on any atom is -0.353 e. The number of hydrogen-bond donors (Lipinski definition) is 2. The number of nitrogens with one attached hydrogen (secondary N) is 2. The van der Waals surface area contributed by atoms with E-state index in [1.165, 1.54) is 25.3 Å². The van der Waals surface area contributed by atoms with Crippen LogP contribution in [0.3, 0.4) is 0 Å². The summed E-state index contributed by atoms with van der Waals surface area (Å²) >= 11 is 0. The Hall–Kier alpha value is -1.58. The highest BCUT2D eigenvalue weighted by atomic mass is 16.2. The molecule has 0 aliphatic rings. The van der Waals surface area contributed by atoms with Crippen molar-refractivity contribution >= 4 is 11.8 Å². The maximum Gasteiger partial charge on any atom is 0.246 e. The first-order valence-electron chi connectivity index (χ1n) is 6.83. The zero-order valence-electron chi connectivity index (χ0n) is 12.6. The monoisotopic (exact) mass is 268 g/mol. The lowest BCUT2D eigenvalue weighted by Gasteiger charge is -2.03. The van der Waals surface area contributed by atoms with E-state index in [2.05, 4.69) is 30.7 Å². The van der Waals surface area contributed by atoms with Gasteiger partial charge in [0.15, 0.2) is 0 Å². The number of carbonyl (C=O) groups is 2. The molecule has 4 heteroatoms. The Bertz CT molecular complexity index is 286. The molecule has 0 aromatic rings. The third kappa shape index (κ3) is 16.4. The minimum atomic E-state index is -0.109. The summed E-state index contributed by atoms with van der Waals surface area (Å²) in [4.78, 5) is 21.1. The number of hydrogen-bond acceptors (Lipinski definition) is 2. The van der Waals surface area contributed by atoms with Crippen molar-refractivity contribution in [2.45, 2.75) is 46.5 Å². The molecule has 0 aliphatic heterocycles. The second kappa shape index (κ2) is 14.5. The summed E-state index contributed by atoms with van der Waals surface area (Å²) < 4.78 is 0. The molecule has 0 spiro atoms. The highest BCUT2D eigenvalue weighted by Crippen LogP contribution is 1.97. The van der Waals surface area contributed by atoms with Crippen molar-refractivity contribution in [1.29, 1.82) is 0 Å². The summed E-state index contributed by atoms with van der Waals surface area (Å²) in [6.45, 7) is 14.0. The number of rotatable bonds is 8. The van der Waals surface area contributed by atoms with Crippen LogP contribution in [-0.2, 0) is 9.59 Å². The third-order valence-corrected chi connectivity index (χ3v) is 2.24. The maximum atomic E-state index is 11.0. The molecule has 0 saturated heterocycles. The summed E-state index contributed by atoms with van der Waals surface area (Å²) in [5.74, 6) is -0.131. The molecule has 0 radical (unpaired) electrons. The maximum absolute atomic E-state index is 11.0. The van der Waals surface area contributed by atoms with Gasteiger partial charge in [-0.25, -0.2) is 0 Å². The van der Waals surface area contributed by atoms with E-state index in [4.69, 9.17) is 0 Å². The quantitative estimate of drug-likeness (QED) is 0.525. The van der Waals surface area contributed by atoms with Crippen molar-refractivity contribution in [1.82, 2.24) is 10.6 Å². The fourth-order valence-corrected chi connectivity index (χ4v) is 1.15. The topological polar surface area (TPSA) is 58.2 Å². The average molecular weight is 268 g/mol. The predicted octanol–water partition coefficient (Wildman–Crippen LogP) is 2.57. The van der Waals surface area contributed by atoms with Crippen molar-refractivity contribution in [3.63, 3.8) is 0 Å². The normalized spacial score (nSPS) is 8.79. The Morgan fingerprint density at radius 2 is 1.74 bits per heavy atom. The predicted molar refractivity (Wildman–Crippen MR) is 80.8 cm³/mol. The zero-order valence-corrected chi connectivity index (χ0v) is 12.6. The van der Waals surface area contributed by atoms with Gasteiger partial charge >= 0.3 is 0 Å². The molecule has 19 heavy (non-hydrogen) atoms. The van der Waals surface area contributed by atoms with Crippen LogP contribution in [0.4, 0.5) is 0 Å². The van der Waals surface area contributed by atoms with E-state index < -0.39 is 0 Å². The van der Waals surface area contributed by atoms with Crippen LogP contribution in [0.2, 0.25) is 0 Å². The van der Waals surface area contributed by atoms with Crippen molar-refractivity contribution in [3.05, 3.63) is 24.8 Å². The van der Waals surface area contributed by atoms with Gasteiger partial charge in [-0.2, -0.15) is 0 Å². The number of unbranched alkanes of at least 4 members (excludes halogenated alkanes) is 3. The van der Waals surface area contributed by atoms with E-state index >= 15 is 0 Å². The van der Waals surface area contributed by atoms with E-state index in [-0.39, 0.29) is 11.8 Å². The van der Waals surface area contributed by atoms with Crippen LogP contribution in [0.15, 0.2) is 24.8 Å². The van der Waals surface area contributed by atoms with Crippen molar-refractivity contribution in [2.75, 3.05) is 13.1 Å². The lowest BCUT2D eigenvalue weighted by Crippen LogP contribution is -2.24. The highest BCUT2D eigenvalue weighted by Gasteiger charge is 1.98. The third-order valence-electron chi connectivity index (χ3n) is 2.24. The van der Waals surface area contributed by atoms with Gasteiger partial charge in [0, 0.05) is 18.7 Å². The van der Waals surface area contributed by atoms with Crippen molar-refractivity contribution < 1.29 is 9.59 Å². The van der Waals surface area contributed by atoms with Gasteiger partial charge in [-0.3, -0.25) is 9.59 Å². The molecule has 2 amide bonds. The molecule has 2 N–H and O–H groups in total. The summed E-state index contributed by atoms with van der Waals surface area (Å²) in [6, 6.07) is 0. The Morgan fingerprint density at radius 3 is 2.11 bits per heavy atom. The minimum absolute atomic E-state index is 0.0218. The molecule has 0 unspecified atom stereocenters. The fourth-order valence-electron chi connectivity index (χ4n) is 1.15.